The highest BCUT2D eigenvalue weighted by Crippen LogP contribution is 2.16. The Morgan fingerprint density at radius 1 is 1.05 bits per heavy atom. The molecule has 22 heavy (non-hydrogen) atoms. The van der Waals surface area contributed by atoms with E-state index in [1.54, 1.807) is 19.5 Å². The highest BCUT2D eigenvalue weighted by Gasteiger charge is 2.16. The van der Waals surface area contributed by atoms with E-state index in [1.807, 2.05) is 18.3 Å². The van der Waals surface area contributed by atoms with Gasteiger partial charge in [-0.1, -0.05) is 12.1 Å². The Labute approximate surface area is 131 Å². The lowest BCUT2D eigenvalue weighted by Gasteiger charge is -2.22. The summed E-state index contributed by atoms with van der Waals surface area (Å²) in [5, 5.41) is 0. The van der Waals surface area contributed by atoms with Gasteiger partial charge in [0.1, 0.15) is 11.6 Å². The molecule has 1 aromatic heterocycles. The number of anilines is 1. The van der Waals surface area contributed by atoms with Crippen molar-refractivity contribution in [1.82, 2.24) is 14.9 Å². The normalized spacial score (nSPS) is 16.3. The number of rotatable bonds is 4. The largest absolute Gasteiger partial charge is 0.497 e. The van der Waals surface area contributed by atoms with Crippen LogP contribution in [0.25, 0.3) is 0 Å². The third-order valence-electron chi connectivity index (χ3n) is 4.03. The first-order valence-corrected chi connectivity index (χ1v) is 7.71. The van der Waals surface area contributed by atoms with E-state index < -0.39 is 0 Å². The Morgan fingerprint density at radius 3 is 2.64 bits per heavy atom. The van der Waals surface area contributed by atoms with Crippen LogP contribution in [-0.2, 0) is 6.54 Å². The van der Waals surface area contributed by atoms with Gasteiger partial charge in [-0.3, -0.25) is 9.88 Å². The molecule has 0 saturated carbocycles. The van der Waals surface area contributed by atoms with Gasteiger partial charge >= 0.3 is 0 Å². The molecule has 3 rings (SSSR count). The molecule has 116 valence electrons. The van der Waals surface area contributed by atoms with Crippen molar-refractivity contribution >= 4 is 5.82 Å². The van der Waals surface area contributed by atoms with E-state index in [1.165, 1.54) is 5.56 Å². The van der Waals surface area contributed by atoms with Crippen molar-refractivity contribution in [3.8, 4) is 5.75 Å². The molecule has 2 heterocycles. The molecule has 1 fully saturated rings. The molecule has 0 amide bonds. The fourth-order valence-corrected chi connectivity index (χ4v) is 2.80. The first kappa shape index (κ1) is 14.8. The second kappa shape index (κ2) is 7.22. The van der Waals surface area contributed by atoms with Gasteiger partial charge in [-0.05, 0) is 24.1 Å². The second-order valence-corrected chi connectivity index (χ2v) is 5.53. The summed E-state index contributed by atoms with van der Waals surface area (Å²) in [5.74, 6) is 1.89. The molecular formula is C17H22N4O. The lowest BCUT2D eigenvalue weighted by atomic mass is 10.2. The minimum absolute atomic E-state index is 0.911. The number of methoxy groups -OCH3 is 1. The molecule has 0 unspecified atom stereocenters. The van der Waals surface area contributed by atoms with Crippen molar-refractivity contribution in [3.05, 3.63) is 48.4 Å². The molecule has 2 aromatic rings. The van der Waals surface area contributed by atoms with Crippen molar-refractivity contribution in [2.24, 2.45) is 0 Å². The summed E-state index contributed by atoms with van der Waals surface area (Å²) in [6.45, 7) is 5.18. The molecule has 5 heteroatoms. The monoisotopic (exact) mass is 298 g/mol. The van der Waals surface area contributed by atoms with Gasteiger partial charge < -0.3 is 9.64 Å². The van der Waals surface area contributed by atoms with Gasteiger partial charge in [-0.25, -0.2) is 4.98 Å². The molecule has 1 saturated heterocycles. The SMILES string of the molecule is COc1ccc(CN2CCCN(c3cnccn3)CC2)cc1. The predicted molar refractivity (Wildman–Crippen MR) is 87.1 cm³/mol. The third-order valence-corrected chi connectivity index (χ3v) is 4.03. The highest BCUT2D eigenvalue weighted by molar-refractivity contribution is 5.35. The van der Waals surface area contributed by atoms with Crippen LogP contribution >= 0.6 is 0 Å². The van der Waals surface area contributed by atoms with E-state index in [4.69, 9.17) is 4.74 Å². The minimum Gasteiger partial charge on any atom is -0.497 e. The zero-order chi connectivity index (χ0) is 15.2. The summed E-state index contributed by atoms with van der Waals surface area (Å²) in [5.41, 5.74) is 1.33. The fraction of sp³-hybridized carbons (Fsp3) is 0.412. The van der Waals surface area contributed by atoms with Crippen LogP contribution in [-0.4, -0.2) is 48.2 Å². The van der Waals surface area contributed by atoms with Crippen LogP contribution in [0.5, 0.6) is 5.75 Å². The van der Waals surface area contributed by atoms with E-state index in [2.05, 4.69) is 31.9 Å². The van der Waals surface area contributed by atoms with Crippen LogP contribution in [0.2, 0.25) is 0 Å². The molecule has 1 aliphatic heterocycles. The Hall–Kier alpha value is -2.14. The smallest absolute Gasteiger partial charge is 0.147 e. The maximum absolute atomic E-state index is 5.21. The predicted octanol–water partition coefficient (Wildman–Crippen LogP) is 2.20. The van der Waals surface area contributed by atoms with Crippen molar-refractivity contribution in [2.45, 2.75) is 13.0 Å². The van der Waals surface area contributed by atoms with E-state index in [0.717, 1.165) is 50.7 Å². The molecule has 5 nitrogen and oxygen atoms in total. The lowest BCUT2D eigenvalue weighted by Crippen LogP contribution is -2.31. The molecule has 0 atom stereocenters. The topological polar surface area (TPSA) is 41.5 Å². The number of aromatic nitrogens is 2. The van der Waals surface area contributed by atoms with Crippen LogP contribution in [0.1, 0.15) is 12.0 Å². The van der Waals surface area contributed by atoms with Gasteiger partial charge in [0.25, 0.3) is 0 Å². The molecule has 0 N–H and O–H groups in total. The number of hydrogen-bond acceptors (Lipinski definition) is 5. The summed E-state index contributed by atoms with van der Waals surface area (Å²) >= 11 is 0. The van der Waals surface area contributed by atoms with Crippen molar-refractivity contribution in [2.75, 3.05) is 38.2 Å². The highest BCUT2D eigenvalue weighted by atomic mass is 16.5. The van der Waals surface area contributed by atoms with Gasteiger partial charge in [0.15, 0.2) is 0 Å². The third kappa shape index (κ3) is 3.74. The standard InChI is InChI=1S/C17H22N4O/c1-22-16-5-3-15(4-6-16)14-20-9-2-10-21(12-11-20)17-13-18-7-8-19-17/h3-8,13H,2,9-12,14H2,1H3. The Kier molecular flexibility index (Phi) is 4.85. The Bertz CT molecular complexity index is 573. The number of nitrogens with zero attached hydrogens (tertiary/aromatic N) is 4. The Balaban J connectivity index is 1.58. The van der Waals surface area contributed by atoms with Gasteiger partial charge in [-0.15, -0.1) is 0 Å². The average molecular weight is 298 g/mol. The summed E-state index contributed by atoms with van der Waals surface area (Å²) < 4.78 is 5.21. The zero-order valence-corrected chi connectivity index (χ0v) is 13.0. The summed E-state index contributed by atoms with van der Waals surface area (Å²) in [7, 11) is 1.70. The van der Waals surface area contributed by atoms with Crippen molar-refractivity contribution in [3.63, 3.8) is 0 Å². The maximum atomic E-state index is 5.21. The number of hydrogen-bond donors (Lipinski definition) is 0. The Morgan fingerprint density at radius 2 is 1.91 bits per heavy atom. The number of ether oxygens (including phenoxy) is 1. The molecule has 0 bridgehead atoms. The van der Waals surface area contributed by atoms with E-state index >= 15 is 0 Å². The molecule has 0 spiro atoms. The first-order valence-electron chi connectivity index (χ1n) is 7.71. The molecule has 1 aliphatic rings. The molecule has 1 aromatic carbocycles. The van der Waals surface area contributed by atoms with Crippen LogP contribution < -0.4 is 9.64 Å². The summed E-state index contributed by atoms with van der Waals surface area (Å²) in [6.07, 6.45) is 6.47. The van der Waals surface area contributed by atoms with Gasteiger partial charge in [0, 0.05) is 45.1 Å². The lowest BCUT2D eigenvalue weighted by molar-refractivity contribution is 0.285. The van der Waals surface area contributed by atoms with E-state index in [-0.39, 0.29) is 0 Å². The van der Waals surface area contributed by atoms with Crippen molar-refractivity contribution in [1.29, 1.82) is 0 Å². The van der Waals surface area contributed by atoms with Gasteiger partial charge in [-0.2, -0.15) is 0 Å². The molecule has 0 aliphatic carbocycles. The van der Waals surface area contributed by atoms with Gasteiger partial charge in [0.05, 0.1) is 13.3 Å². The summed E-state index contributed by atoms with van der Waals surface area (Å²) in [4.78, 5) is 13.4. The number of benzene rings is 1. The minimum atomic E-state index is 0.911. The quantitative estimate of drug-likeness (QED) is 0.865. The first-order chi connectivity index (χ1) is 10.8. The van der Waals surface area contributed by atoms with Crippen molar-refractivity contribution < 1.29 is 4.74 Å². The maximum Gasteiger partial charge on any atom is 0.147 e. The molecular weight excluding hydrogens is 276 g/mol. The van der Waals surface area contributed by atoms with Crippen LogP contribution in [0, 0.1) is 0 Å². The zero-order valence-electron chi connectivity index (χ0n) is 13.0. The van der Waals surface area contributed by atoms with Crippen LogP contribution in [0.4, 0.5) is 5.82 Å². The average Bonchev–Trinajstić information content (AvgIpc) is 2.82. The van der Waals surface area contributed by atoms with Gasteiger partial charge in [0.2, 0.25) is 0 Å². The fourth-order valence-electron chi connectivity index (χ4n) is 2.80. The van der Waals surface area contributed by atoms with Crippen LogP contribution in [0.15, 0.2) is 42.9 Å². The summed E-state index contributed by atoms with van der Waals surface area (Å²) in [6, 6.07) is 8.34. The van der Waals surface area contributed by atoms with E-state index in [0.29, 0.717) is 0 Å². The van der Waals surface area contributed by atoms with E-state index in [9.17, 15) is 0 Å². The van der Waals surface area contributed by atoms with Crippen LogP contribution in [0.3, 0.4) is 0 Å². The molecule has 0 radical (unpaired) electrons. The second-order valence-electron chi connectivity index (χ2n) is 5.53.